The quantitative estimate of drug-likeness (QED) is 0.831. The van der Waals surface area contributed by atoms with Gasteiger partial charge in [-0.05, 0) is 37.8 Å². The van der Waals surface area contributed by atoms with E-state index in [4.69, 9.17) is 33.1 Å². The molecule has 2 saturated heterocycles. The van der Waals surface area contributed by atoms with Crippen LogP contribution in [0.15, 0.2) is 18.2 Å². The van der Waals surface area contributed by atoms with Gasteiger partial charge in [0.15, 0.2) is 0 Å². The molecule has 2 aliphatic heterocycles. The summed E-state index contributed by atoms with van der Waals surface area (Å²) in [6.07, 6.45) is 3.70. The van der Waals surface area contributed by atoms with Crippen LogP contribution in [0.4, 0.5) is 0 Å². The Hall–Kier alpha value is -0.570. The lowest BCUT2D eigenvalue weighted by Crippen LogP contribution is -2.51. The highest BCUT2D eigenvalue weighted by Crippen LogP contribution is 2.29. The van der Waals surface area contributed by atoms with Gasteiger partial charge in [0, 0.05) is 38.3 Å². The summed E-state index contributed by atoms with van der Waals surface area (Å²) in [5.74, 6) is 0.745. The highest BCUT2D eigenvalue weighted by Gasteiger charge is 2.31. The molecule has 2 fully saturated rings. The monoisotopic (exact) mass is 407 g/mol. The van der Waals surface area contributed by atoms with Crippen molar-refractivity contribution in [3.8, 4) is 5.75 Å². The average molecular weight is 408 g/mol. The van der Waals surface area contributed by atoms with Gasteiger partial charge in [-0.2, -0.15) is 12.7 Å². The maximum atomic E-state index is 11.4. The van der Waals surface area contributed by atoms with Crippen molar-refractivity contribution in [2.75, 3.05) is 26.2 Å². The first-order valence-corrected chi connectivity index (χ1v) is 10.7. The molecular weight excluding hydrogens is 385 g/mol. The lowest BCUT2D eigenvalue weighted by Gasteiger charge is -2.41. The van der Waals surface area contributed by atoms with Crippen LogP contribution < -0.4 is 9.88 Å². The number of hydrogen-bond donors (Lipinski definition) is 1. The van der Waals surface area contributed by atoms with Gasteiger partial charge >= 0.3 is 0 Å². The van der Waals surface area contributed by atoms with Gasteiger partial charge < -0.3 is 9.64 Å². The molecule has 6 nitrogen and oxygen atoms in total. The smallest absolute Gasteiger partial charge is 0.276 e. The van der Waals surface area contributed by atoms with Gasteiger partial charge in [-0.1, -0.05) is 23.2 Å². The SMILES string of the molecule is NS(=O)(=O)N1CCC(N2CCC(Oc3ccc(Cl)c(Cl)c3)CC2)CC1. The molecule has 2 aliphatic rings. The van der Waals surface area contributed by atoms with E-state index in [0.29, 0.717) is 29.2 Å². The Bertz CT molecular complexity index is 701. The van der Waals surface area contributed by atoms with Crippen LogP contribution in [0.3, 0.4) is 0 Å². The molecule has 0 saturated carbocycles. The van der Waals surface area contributed by atoms with E-state index in [-0.39, 0.29) is 6.10 Å². The molecular formula is C16H23Cl2N3O3S. The predicted molar refractivity (Wildman–Crippen MR) is 99.4 cm³/mol. The van der Waals surface area contributed by atoms with Crippen molar-refractivity contribution >= 4 is 33.4 Å². The zero-order valence-corrected chi connectivity index (χ0v) is 16.2. The number of benzene rings is 1. The highest BCUT2D eigenvalue weighted by molar-refractivity contribution is 7.86. The Kier molecular flexibility index (Phi) is 6.13. The van der Waals surface area contributed by atoms with Crippen LogP contribution in [0.1, 0.15) is 25.7 Å². The normalized spacial score (nSPS) is 22.2. The summed E-state index contributed by atoms with van der Waals surface area (Å²) >= 11 is 11.9. The molecule has 1 aromatic rings. The third-order valence-electron chi connectivity index (χ3n) is 4.97. The van der Waals surface area contributed by atoms with E-state index < -0.39 is 10.2 Å². The third-order valence-corrected chi connectivity index (χ3v) is 6.79. The van der Waals surface area contributed by atoms with Gasteiger partial charge in [0.1, 0.15) is 11.9 Å². The Labute approximate surface area is 159 Å². The summed E-state index contributed by atoms with van der Waals surface area (Å²) in [4.78, 5) is 2.44. The number of nitrogens with two attached hydrogens (primary N) is 1. The van der Waals surface area contributed by atoms with E-state index in [2.05, 4.69) is 4.90 Å². The average Bonchev–Trinajstić information content (AvgIpc) is 2.58. The van der Waals surface area contributed by atoms with Gasteiger partial charge in [0.25, 0.3) is 10.2 Å². The molecule has 9 heteroatoms. The fourth-order valence-corrected chi connectivity index (χ4v) is 4.57. The number of halogens is 2. The van der Waals surface area contributed by atoms with Crippen LogP contribution in [0.5, 0.6) is 5.75 Å². The molecule has 140 valence electrons. The summed E-state index contributed by atoms with van der Waals surface area (Å²) in [5, 5.41) is 6.22. The Morgan fingerprint density at radius 1 is 1.00 bits per heavy atom. The van der Waals surface area contributed by atoms with Gasteiger partial charge in [0.05, 0.1) is 10.0 Å². The Balaban J connectivity index is 1.47. The fraction of sp³-hybridized carbons (Fsp3) is 0.625. The lowest BCUT2D eigenvalue weighted by atomic mass is 10.00. The van der Waals surface area contributed by atoms with Crippen LogP contribution >= 0.6 is 23.2 Å². The van der Waals surface area contributed by atoms with Crippen LogP contribution in [-0.2, 0) is 10.2 Å². The molecule has 0 aromatic heterocycles. The molecule has 2 heterocycles. The number of likely N-dealkylation sites (tertiary alicyclic amines) is 1. The Morgan fingerprint density at radius 3 is 2.20 bits per heavy atom. The molecule has 0 aliphatic carbocycles. The second kappa shape index (κ2) is 7.98. The van der Waals surface area contributed by atoms with E-state index in [9.17, 15) is 8.42 Å². The van der Waals surface area contributed by atoms with Crippen molar-refractivity contribution in [2.45, 2.75) is 37.8 Å². The maximum absolute atomic E-state index is 11.4. The zero-order chi connectivity index (χ0) is 18.0. The number of nitrogens with zero attached hydrogens (tertiary/aromatic N) is 2. The fourth-order valence-electron chi connectivity index (χ4n) is 3.56. The van der Waals surface area contributed by atoms with Crippen molar-refractivity contribution in [1.29, 1.82) is 0 Å². The minimum Gasteiger partial charge on any atom is -0.490 e. The van der Waals surface area contributed by atoms with Gasteiger partial charge in [-0.15, -0.1) is 0 Å². The van der Waals surface area contributed by atoms with Crippen molar-refractivity contribution in [1.82, 2.24) is 9.21 Å². The minimum absolute atomic E-state index is 0.165. The van der Waals surface area contributed by atoms with E-state index in [0.717, 1.165) is 44.5 Å². The van der Waals surface area contributed by atoms with Crippen molar-refractivity contribution in [3.05, 3.63) is 28.2 Å². The molecule has 25 heavy (non-hydrogen) atoms. The molecule has 0 atom stereocenters. The summed E-state index contributed by atoms with van der Waals surface area (Å²) in [5.41, 5.74) is 0. The molecule has 0 spiro atoms. The summed E-state index contributed by atoms with van der Waals surface area (Å²) in [6, 6.07) is 5.75. The van der Waals surface area contributed by atoms with Gasteiger partial charge in [0.2, 0.25) is 0 Å². The second-order valence-electron chi connectivity index (χ2n) is 6.60. The summed E-state index contributed by atoms with van der Waals surface area (Å²) in [6.45, 7) is 2.91. The first-order chi connectivity index (χ1) is 11.8. The first-order valence-electron chi connectivity index (χ1n) is 8.46. The predicted octanol–water partition coefficient (Wildman–Crippen LogP) is 2.50. The summed E-state index contributed by atoms with van der Waals surface area (Å²) in [7, 11) is -3.56. The highest BCUT2D eigenvalue weighted by atomic mass is 35.5. The van der Waals surface area contributed by atoms with Crippen molar-refractivity contribution < 1.29 is 13.2 Å². The molecule has 2 N–H and O–H groups in total. The molecule has 0 radical (unpaired) electrons. The summed E-state index contributed by atoms with van der Waals surface area (Å²) < 4.78 is 30.2. The topological polar surface area (TPSA) is 75.9 Å². The lowest BCUT2D eigenvalue weighted by molar-refractivity contribution is 0.0585. The molecule has 3 rings (SSSR count). The van der Waals surface area contributed by atoms with Gasteiger partial charge in [-0.3, -0.25) is 0 Å². The van der Waals surface area contributed by atoms with Crippen LogP contribution in [-0.4, -0.2) is 55.9 Å². The molecule has 0 amide bonds. The standard InChI is InChI=1S/C16H23Cl2N3O3S/c17-15-2-1-14(11-16(15)18)24-13-5-7-20(8-6-13)12-3-9-21(10-4-12)25(19,22)23/h1-2,11-13H,3-10H2,(H2,19,22,23). The zero-order valence-electron chi connectivity index (χ0n) is 13.9. The van der Waals surface area contributed by atoms with E-state index in [1.165, 1.54) is 4.31 Å². The van der Waals surface area contributed by atoms with E-state index in [1.54, 1.807) is 12.1 Å². The Morgan fingerprint density at radius 2 is 1.64 bits per heavy atom. The largest absolute Gasteiger partial charge is 0.490 e. The van der Waals surface area contributed by atoms with Crippen LogP contribution in [0.25, 0.3) is 0 Å². The maximum Gasteiger partial charge on any atom is 0.276 e. The van der Waals surface area contributed by atoms with Crippen LogP contribution in [0.2, 0.25) is 10.0 Å². The number of ether oxygens (including phenoxy) is 1. The van der Waals surface area contributed by atoms with Gasteiger partial charge in [-0.25, -0.2) is 5.14 Å². The number of piperidine rings is 2. The minimum atomic E-state index is -3.56. The molecule has 1 aromatic carbocycles. The van der Waals surface area contributed by atoms with E-state index in [1.807, 2.05) is 6.07 Å². The molecule has 0 unspecified atom stereocenters. The van der Waals surface area contributed by atoms with Crippen molar-refractivity contribution in [3.63, 3.8) is 0 Å². The first kappa shape index (κ1) is 19.2. The second-order valence-corrected chi connectivity index (χ2v) is 8.97. The van der Waals surface area contributed by atoms with Crippen molar-refractivity contribution in [2.24, 2.45) is 5.14 Å². The molecule has 0 bridgehead atoms. The van der Waals surface area contributed by atoms with E-state index >= 15 is 0 Å². The number of hydrogen-bond acceptors (Lipinski definition) is 4. The number of rotatable bonds is 4. The van der Waals surface area contributed by atoms with Crippen LogP contribution in [0, 0.1) is 0 Å². The third kappa shape index (κ3) is 4.99.